The summed E-state index contributed by atoms with van der Waals surface area (Å²) in [4.78, 5) is 10.2. The molecule has 0 saturated heterocycles. The Morgan fingerprint density at radius 3 is 2.50 bits per heavy atom. The van der Waals surface area contributed by atoms with Crippen molar-refractivity contribution in [1.29, 1.82) is 0 Å². The molecule has 0 radical (unpaired) electrons. The molecule has 1 atom stereocenters. The van der Waals surface area contributed by atoms with E-state index in [4.69, 9.17) is 5.73 Å². The van der Waals surface area contributed by atoms with Crippen LogP contribution in [0.5, 0.6) is 0 Å². The number of nitro groups is 1. The zero-order valence-corrected chi connectivity index (χ0v) is 8.88. The molecule has 5 heteroatoms. The SMILES string of the molecule is Cc1c([C@@H](C)N)cccc1[N+](=O)[O-].Cl. The van der Waals surface area contributed by atoms with Gasteiger partial charge in [-0.1, -0.05) is 12.1 Å². The van der Waals surface area contributed by atoms with Gasteiger partial charge < -0.3 is 5.73 Å². The summed E-state index contributed by atoms with van der Waals surface area (Å²) in [6.45, 7) is 3.53. The highest BCUT2D eigenvalue weighted by Crippen LogP contribution is 2.24. The van der Waals surface area contributed by atoms with Crippen molar-refractivity contribution >= 4 is 18.1 Å². The molecule has 0 fully saturated rings. The average Bonchev–Trinajstić information content (AvgIpc) is 2.03. The average molecular weight is 217 g/mol. The van der Waals surface area contributed by atoms with Crippen molar-refractivity contribution in [3.8, 4) is 0 Å². The normalized spacial score (nSPS) is 11.6. The van der Waals surface area contributed by atoms with Crippen LogP contribution in [0.15, 0.2) is 18.2 Å². The van der Waals surface area contributed by atoms with Crippen LogP contribution in [0.2, 0.25) is 0 Å². The third-order valence-electron chi connectivity index (χ3n) is 2.03. The zero-order chi connectivity index (χ0) is 10.0. The Bertz CT molecular complexity index is 340. The minimum atomic E-state index is -0.388. The van der Waals surface area contributed by atoms with Crippen molar-refractivity contribution < 1.29 is 4.92 Å². The molecule has 1 aromatic rings. The van der Waals surface area contributed by atoms with Crippen molar-refractivity contribution in [2.24, 2.45) is 5.73 Å². The monoisotopic (exact) mass is 216 g/mol. The summed E-state index contributed by atoms with van der Waals surface area (Å²) < 4.78 is 0. The van der Waals surface area contributed by atoms with Crippen LogP contribution in [0.25, 0.3) is 0 Å². The predicted molar refractivity (Wildman–Crippen MR) is 57.7 cm³/mol. The Morgan fingerprint density at radius 2 is 2.07 bits per heavy atom. The first-order chi connectivity index (χ1) is 6.04. The summed E-state index contributed by atoms with van der Waals surface area (Å²) in [5.74, 6) is 0. The molecule has 1 rings (SSSR count). The second kappa shape index (κ2) is 4.93. The van der Waals surface area contributed by atoms with Gasteiger partial charge >= 0.3 is 0 Å². The highest BCUT2D eigenvalue weighted by molar-refractivity contribution is 5.85. The number of hydrogen-bond donors (Lipinski definition) is 1. The standard InChI is InChI=1S/C9H12N2O2.ClH/c1-6-8(7(2)10)4-3-5-9(6)11(12)13;/h3-5,7H,10H2,1-2H3;1H/t7-;/m1./s1. The Hall–Kier alpha value is -1.13. The second-order valence-corrected chi connectivity index (χ2v) is 3.04. The van der Waals surface area contributed by atoms with Gasteiger partial charge in [0.05, 0.1) is 4.92 Å². The number of benzene rings is 1. The molecule has 0 heterocycles. The molecule has 0 amide bonds. The van der Waals surface area contributed by atoms with E-state index in [9.17, 15) is 10.1 Å². The quantitative estimate of drug-likeness (QED) is 0.610. The van der Waals surface area contributed by atoms with E-state index in [-0.39, 0.29) is 29.1 Å². The van der Waals surface area contributed by atoms with Gasteiger partial charge in [0.1, 0.15) is 0 Å². The molecule has 0 unspecified atom stereocenters. The van der Waals surface area contributed by atoms with Crippen LogP contribution in [-0.2, 0) is 0 Å². The number of nitrogens with zero attached hydrogens (tertiary/aromatic N) is 1. The van der Waals surface area contributed by atoms with Gasteiger partial charge in [0, 0.05) is 17.7 Å². The van der Waals surface area contributed by atoms with Gasteiger partial charge in [-0.15, -0.1) is 12.4 Å². The van der Waals surface area contributed by atoms with Crippen molar-refractivity contribution in [1.82, 2.24) is 0 Å². The minimum Gasteiger partial charge on any atom is -0.324 e. The molecule has 0 bridgehead atoms. The van der Waals surface area contributed by atoms with E-state index in [2.05, 4.69) is 0 Å². The van der Waals surface area contributed by atoms with E-state index in [1.165, 1.54) is 6.07 Å². The van der Waals surface area contributed by atoms with Gasteiger partial charge in [-0.3, -0.25) is 10.1 Å². The number of halogens is 1. The minimum absolute atomic E-state index is 0. The highest BCUT2D eigenvalue weighted by Gasteiger charge is 2.14. The fourth-order valence-corrected chi connectivity index (χ4v) is 1.33. The van der Waals surface area contributed by atoms with Gasteiger partial charge in [0.2, 0.25) is 0 Å². The van der Waals surface area contributed by atoms with E-state index < -0.39 is 0 Å². The van der Waals surface area contributed by atoms with E-state index in [0.29, 0.717) is 5.56 Å². The molecular weight excluding hydrogens is 204 g/mol. The van der Waals surface area contributed by atoms with Crippen LogP contribution in [-0.4, -0.2) is 4.92 Å². The Morgan fingerprint density at radius 1 is 1.50 bits per heavy atom. The summed E-state index contributed by atoms with van der Waals surface area (Å²) in [5, 5.41) is 10.6. The lowest BCUT2D eigenvalue weighted by atomic mass is 10.0. The second-order valence-electron chi connectivity index (χ2n) is 3.04. The number of nitro benzene ring substituents is 1. The third-order valence-corrected chi connectivity index (χ3v) is 2.03. The summed E-state index contributed by atoms with van der Waals surface area (Å²) in [6, 6.07) is 4.79. The van der Waals surface area contributed by atoms with Crippen LogP contribution < -0.4 is 5.73 Å². The highest BCUT2D eigenvalue weighted by atomic mass is 35.5. The molecule has 0 aliphatic carbocycles. The largest absolute Gasteiger partial charge is 0.324 e. The van der Waals surface area contributed by atoms with E-state index in [0.717, 1.165) is 5.56 Å². The van der Waals surface area contributed by atoms with Crippen LogP contribution in [0.4, 0.5) is 5.69 Å². The molecule has 4 nitrogen and oxygen atoms in total. The van der Waals surface area contributed by atoms with Crippen molar-refractivity contribution in [3.63, 3.8) is 0 Å². The van der Waals surface area contributed by atoms with E-state index >= 15 is 0 Å². The molecule has 14 heavy (non-hydrogen) atoms. The maximum atomic E-state index is 10.6. The van der Waals surface area contributed by atoms with Gasteiger partial charge in [-0.05, 0) is 19.4 Å². The van der Waals surface area contributed by atoms with Gasteiger partial charge in [0.25, 0.3) is 5.69 Å². The van der Waals surface area contributed by atoms with Crippen molar-refractivity contribution in [2.75, 3.05) is 0 Å². The van der Waals surface area contributed by atoms with E-state index in [1.54, 1.807) is 13.0 Å². The third kappa shape index (κ3) is 2.43. The Kier molecular flexibility index (Phi) is 4.53. The fourth-order valence-electron chi connectivity index (χ4n) is 1.33. The van der Waals surface area contributed by atoms with Crippen molar-refractivity contribution in [3.05, 3.63) is 39.4 Å². The first-order valence-corrected chi connectivity index (χ1v) is 4.03. The molecule has 0 spiro atoms. The molecule has 0 aliphatic heterocycles. The summed E-state index contributed by atoms with van der Waals surface area (Å²) in [6.07, 6.45) is 0. The first-order valence-electron chi connectivity index (χ1n) is 4.03. The lowest BCUT2D eigenvalue weighted by Crippen LogP contribution is -2.08. The van der Waals surface area contributed by atoms with Gasteiger partial charge in [-0.2, -0.15) is 0 Å². The van der Waals surface area contributed by atoms with Crippen LogP contribution in [0.1, 0.15) is 24.1 Å². The summed E-state index contributed by atoms with van der Waals surface area (Å²) in [5.41, 5.74) is 7.28. The molecule has 78 valence electrons. The smallest absolute Gasteiger partial charge is 0.272 e. The molecule has 2 N–H and O–H groups in total. The van der Waals surface area contributed by atoms with Gasteiger partial charge in [-0.25, -0.2) is 0 Å². The number of rotatable bonds is 2. The lowest BCUT2D eigenvalue weighted by molar-refractivity contribution is -0.385. The maximum absolute atomic E-state index is 10.6. The lowest BCUT2D eigenvalue weighted by Gasteiger charge is -2.08. The molecule has 0 saturated carbocycles. The molecule has 0 aromatic heterocycles. The maximum Gasteiger partial charge on any atom is 0.272 e. The Labute approximate surface area is 88.7 Å². The zero-order valence-electron chi connectivity index (χ0n) is 8.06. The molecular formula is C9H13ClN2O2. The van der Waals surface area contributed by atoms with Crippen molar-refractivity contribution in [2.45, 2.75) is 19.9 Å². The molecule has 1 aromatic carbocycles. The first kappa shape index (κ1) is 12.9. The predicted octanol–water partition coefficient (Wildman–Crippen LogP) is 2.34. The Balaban J connectivity index is 0.00000169. The summed E-state index contributed by atoms with van der Waals surface area (Å²) >= 11 is 0. The van der Waals surface area contributed by atoms with Crippen LogP contribution in [0.3, 0.4) is 0 Å². The van der Waals surface area contributed by atoms with E-state index in [1.807, 2.05) is 13.0 Å². The fraction of sp³-hybridized carbons (Fsp3) is 0.333. The van der Waals surface area contributed by atoms with Gasteiger partial charge in [0.15, 0.2) is 0 Å². The van der Waals surface area contributed by atoms with Crippen LogP contribution >= 0.6 is 12.4 Å². The number of nitrogens with two attached hydrogens (primary N) is 1. The number of hydrogen-bond acceptors (Lipinski definition) is 3. The topological polar surface area (TPSA) is 69.2 Å². The van der Waals surface area contributed by atoms with Crippen LogP contribution in [0, 0.1) is 17.0 Å². The molecule has 0 aliphatic rings. The summed E-state index contributed by atoms with van der Waals surface area (Å²) in [7, 11) is 0.